The van der Waals surface area contributed by atoms with Crippen LogP contribution in [0.4, 0.5) is 0 Å². The molecule has 4 heteroatoms. The van der Waals surface area contributed by atoms with Crippen LogP contribution in [0.2, 0.25) is 0 Å². The summed E-state index contributed by atoms with van der Waals surface area (Å²) in [5.74, 6) is 0.747. The molecule has 0 bridgehead atoms. The van der Waals surface area contributed by atoms with Crippen molar-refractivity contribution >= 4 is 5.91 Å². The third-order valence-electron chi connectivity index (χ3n) is 3.12. The van der Waals surface area contributed by atoms with Crippen molar-refractivity contribution in [3.8, 4) is 5.75 Å². The highest BCUT2D eigenvalue weighted by molar-refractivity contribution is 5.81. The summed E-state index contributed by atoms with van der Waals surface area (Å²) < 4.78 is 5.74. The molecule has 18 heavy (non-hydrogen) atoms. The van der Waals surface area contributed by atoms with Crippen LogP contribution < -0.4 is 15.8 Å². The number of rotatable bonds is 4. The fourth-order valence-corrected chi connectivity index (χ4v) is 2.09. The first-order chi connectivity index (χ1) is 8.79. The van der Waals surface area contributed by atoms with E-state index in [1.54, 1.807) is 0 Å². The van der Waals surface area contributed by atoms with Gasteiger partial charge in [-0.15, -0.1) is 0 Å². The molecule has 98 valence electrons. The lowest BCUT2D eigenvalue weighted by atomic mass is 10.1. The van der Waals surface area contributed by atoms with Crippen molar-refractivity contribution in [3.63, 3.8) is 0 Å². The minimum Gasteiger partial charge on any atom is -0.481 e. The van der Waals surface area contributed by atoms with E-state index in [0.717, 1.165) is 38.0 Å². The van der Waals surface area contributed by atoms with E-state index in [0.29, 0.717) is 6.54 Å². The summed E-state index contributed by atoms with van der Waals surface area (Å²) in [4.78, 5) is 11.7. The number of nitrogens with two attached hydrogens (primary N) is 1. The molecule has 1 aromatic carbocycles. The Morgan fingerprint density at radius 1 is 1.28 bits per heavy atom. The highest BCUT2D eigenvalue weighted by atomic mass is 16.5. The Bertz CT molecular complexity index is 389. The van der Waals surface area contributed by atoms with Gasteiger partial charge in [0.1, 0.15) is 5.75 Å². The van der Waals surface area contributed by atoms with E-state index in [1.165, 1.54) is 5.56 Å². The van der Waals surface area contributed by atoms with Gasteiger partial charge in [-0.25, -0.2) is 0 Å². The van der Waals surface area contributed by atoms with Gasteiger partial charge in [-0.05, 0) is 49.9 Å². The minimum absolute atomic E-state index is 0.00136. The molecule has 2 rings (SSSR count). The van der Waals surface area contributed by atoms with Crippen LogP contribution in [0.15, 0.2) is 24.3 Å². The molecule has 4 nitrogen and oxygen atoms in total. The predicted octanol–water partition coefficient (Wildman–Crippen LogP) is 1.24. The van der Waals surface area contributed by atoms with Gasteiger partial charge in [0.25, 0.3) is 5.91 Å². The third-order valence-corrected chi connectivity index (χ3v) is 3.12. The summed E-state index contributed by atoms with van der Waals surface area (Å²) in [5, 5.41) is 2.87. The highest BCUT2D eigenvalue weighted by Gasteiger charge is 2.22. The van der Waals surface area contributed by atoms with Gasteiger partial charge < -0.3 is 15.8 Å². The van der Waals surface area contributed by atoms with Crippen molar-refractivity contribution in [2.75, 3.05) is 13.1 Å². The van der Waals surface area contributed by atoms with Crippen molar-refractivity contribution in [2.45, 2.75) is 31.8 Å². The van der Waals surface area contributed by atoms with Crippen LogP contribution >= 0.6 is 0 Å². The van der Waals surface area contributed by atoms with Crippen LogP contribution in [0.1, 0.15) is 24.8 Å². The molecule has 1 fully saturated rings. The Kier molecular flexibility index (Phi) is 4.59. The zero-order valence-corrected chi connectivity index (χ0v) is 10.5. The van der Waals surface area contributed by atoms with Crippen LogP contribution in [0, 0.1) is 0 Å². The molecule has 1 aliphatic rings. The standard InChI is InChI=1S/C14H20N2O2/c15-9-8-11-4-6-12(7-5-11)18-13-3-1-2-10-16-14(13)17/h4-7,13H,1-3,8-10,15H2,(H,16,17). The summed E-state index contributed by atoms with van der Waals surface area (Å²) in [5.41, 5.74) is 6.69. The monoisotopic (exact) mass is 248 g/mol. The maximum Gasteiger partial charge on any atom is 0.261 e. The molecule has 1 saturated heterocycles. The zero-order chi connectivity index (χ0) is 12.8. The smallest absolute Gasteiger partial charge is 0.261 e. The first kappa shape index (κ1) is 12.9. The molecule has 1 unspecified atom stereocenters. The number of amides is 1. The summed E-state index contributed by atoms with van der Waals surface area (Å²) in [6.07, 6.45) is 3.35. The average Bonchev–Trinajstić information content (AvgIpc) is 2.58. The fourth-order valence-electron chi connectivity index (χ4n) is 2.09. The molecule has 1 atom stereocenters. The van der Waals surface area contributed by atoms with Gasteiger partial charge in [0.15, 0.2) is 6.10 Å². The number of carbonyl (C=O) groups excluding carboxylic acids is 1. The molecule has 1 amide bonds. The topological polar surface area (TPSA) is 64.3 Å². The van der Waals surface area contributed by atoms with Crippen molar-refractivity contribution in [1.29, 1.82) is 0 Å². The Balaban J connectivity index is 1.97. The van der Waals surface area contributed by atoms with Gasteiger partial charge >= 0.3 is 0 Å². The molecule has 1 aromatic rings. The highest BCUT2D eigenvalue weighted by Crippen LogP contribution is 2.17. The van der Waals surface area contributed by atoms with Gasteiger partial charge in [0, 0.05) is 6.54 Å². The molecule has 0 aromatic heterocycles. The second kappa shape index (κ2) is 6.40. The summed E-state index contributed by atoms with van der Waals surface area (Å²) in [7, 11) is 0. The third kappa shape index (κ3) is 3.47. The van der Waals surface area contributed by atoms with Gasteiger partial charge in [0.05, 0.1) is 0 Å². The van der Waals surface area contributed by atoms with Crippen LogP contribution in [0.5, 0.6) is 5.75 Å². The second-order valence-corrected chi connectivity index (χ2v) is 4.58. The van der Waals surface area contributed by atoms with E-state index in [9.17, 15) is 4.79 Å². The quantitative estimate of drug-likeness (QED) is 0.842. The van der Waals surface area contributed by atoms with Crippen molar-refractivity contribution in [3.05, 3.63) is 29.8 Å². The molecule has 3 N–H and O–H groups in total. The van der Waals surface area contributed by atoms with Gasteiger partial charge in [-0.3, -0.25) is 4.79 Å². The molecule has 0 aliphatic carbocycles. The Labute approximate surface area is 108 Å². The lowest BCUT2D eigenvalue weighted by Gasteiger charge is -2.16. The van der Waals surface area contributed by atoms with E-state index in [1.807, 2.05) is 24.3 Å². The number of nitrogens with one attached hydrogen (secondary N) is 1. The van der Waals surface area contributed by atoms with Crippen molar-refractivity contribution < 1.29 is 9.53 Å². The number of hydrogen-bond donors (Lipinski definition) is 2. The molecule has 0 spiro atoms. The SMILES string of the molecule is NCCc1ccc(OC2CCCCNC2=O)cc1. The average molecular weight is 248 g/mol. The number of carbonyl (C=O) groups is 1. The molecule has 0 radical (unpaired) electrons. The Hall–Kier alpha value is -1.55. The van der Waals surface area contributed by atoms with Gasteiger partial charge in [0.2, 0.25) is 0 Å². The normalized spacial score (nSPS) is 20.1. The van der Waals surface area contributed by atoms with Crippen LogP contribution in [0.3, 0.4) is 0 Å². The minimum atomic E-state index is -0.354. The fraction of sp³-hybridized carbons (Fsp3) is 0.500. The number of hydrogen-bond acceptors (Lipinski definition) is 3. The molecule has 1 aliphatic heterocycles. The summed E-state index contributed by atoms with van der Waals surface area (Å²) in [6.45, 7) is 1.40. The Morgan fingerprint density at radius 3 is 2.78 bits per heavy atom. The first-order valence-corrected chi connectivity index (χ1v) is 6.53. The van der Waals surface area contributed by atoms with Crippen LogP contribution in [-0.2, 0) is 11.2 Å². The first-order valence-electron chi connectivity index (χ1n) is 6.53. The Morgan fingerprint density at radius 2 is 2.06 bits per heavy atom. The largest absolute Gasteiger partial charge is 0.481 e. The molecule has 1 heterocycles. The van der Waals surface area contributed by atoms with E-state index in [4.69, 9.17) is 10.5 Å². The van der Waals surface area contributed by atoms with Crippen molar-refractivity contribution in [2.24, 2.45) is 5.73 Å². The molecule has 0 saturated carbocycles. The van der Waals surface area contributed by atoms with Crippen LogP contribution in [0.25, 0.3) is 0 Å². The zero-order valence-electron chi connectivity index (χ0n) is 10.5. The van der Waals surface area contributed by atoms with Crippen molar-refractivity contribution in [1.82, 2.24) is 5.32 Å². The lowest BCUT2D eigenvalue weighted by Crippen LogP contribution is -2.36. The van der Waals surface area contributed by atoms with E-state index in [2.05, 4.69) is 5.32 Å². The van der Waals surface area contributed by atoms with Gasteiger partial charge in [-0.1, -0.05) is 12.1 Å². The van der Waals surface area contributed by atoms with E-state index < -0.39 is 0 Å². The summed E-state index contributed by atoms with van der Waals surface area (Å²) >= 11 is 0. The van der Waals surface area contributed by atoms with Gasteiger partial charge in [-0.2, -0.15) is 0 Å². The van der Waals surface area contributed by atoms with Crippen LogP contribution in [-0.4, -0.2) is 25.1 Å². The number of ether oxygens (including phenoxy) is 1. The predicted molar refractivity (Wildman–Crippen MR) is 70.5 cm³/mol. The molecular weight excluding hydrogens is 228 g/mol. The summed E-state index contributed by atoms with van der Waals surface area (Å²) in [6, 6.07) is 7.81. The maximum atomic E-state index is 11.7. The second-order valence-electron chi connectivity index (χ2n) is 4.58. The van der Waals surface area contributed by atoms with E-state index >= 15 is 0 Å². The lowest BCUT2D eigenvalue weighted by molar-refractivity contribution is -0.127. The molecular formula is C14H20N2O2. The van der Waals surface area contributed by atoms with E-state index in [-0.39, 0.29) is 12.0 Å². The number of benzene rings is 1. The maximum absolute atomic E-state index is 11.7.